The SMILES string of the molecule is CC(NCCCCN(C)C)C1CCOC1. The molecule has 0 aliphatic carbocycles. The summed E-state index contributed by atoms with van der Waals surface area (Å²) in [4.78, 5) is 2.24. The van der Waals surface area contributed by atoms with Crippen molar-refractivity contribution in [1.29, 1.82) is 0 Å². The van der Waals surface area contributed by atoms with Crippen LogP contribution in [0.15, 0.2) is 0 Å². The van der Waals surface area contributed by atoms with Gasteiger partial charge in [-0.1, -0.05) is 0 Å². The van der Waals surface area contributed by atoms with Crippen LogP contribution in [0.1, 0.15) is 26.2 Å². The van der Waals surface area contributed by atoms with Gasteiger partial charge in [0.25, 0.3) is 0 Å². The molecule has 90 valence electrons. The Balaban J connectivity index is 1.94. The van der Waals surface area contributed by atoms with Crippen LogP contribution in [0.25, 0.3) is 0 Å². The molecule has 2 atom stereocenters. The van der Waals surface area contributed by atoms with Crippen molar-refractivity contribution in [2.75, 3.05) is 40.4 Å². The third kappa shape index (κ3) is 5.50. The van der Waals surface area contributed by atoms with Gasteiger partial charge in [-0.05, 0) is 59.3 Å². The maximum atomic E-state index is 5.39. The van der Waals surface area contributed by atoms with E-state index >= 15 is 0 Å². The van der Waals surface area contributed by atoms with E-state index in [2.05, 4.69) is 31.2 Å². The number of rotatable bonds is 7. The largest absolute Gasteiger partial charge is 0.381 e. The van der Waals surface area contributed by atoms with Crippen LogP contribution < -0.4 is 5.32 Å². The van der Waals surface area contributed by atoms with Crippen LogP contribution in [0.3, 0.4) is 0 Å². The Morgan fingerprint density at radius 1 is 1.40 bits per heavy atom. The summed E-state index contributed by atoms with van der Waals surface area (Å²) < 4.78 is 5.39. The summed E-state index contributed by atoms with van der Waals surface area (Å²) in [6.45, 7) is 6.53. The van der Waals surface area contributed by atoms with Crippen molar-refractivity contribution in [3.8, 4) is 0 Å². The van der Waals surface area contributed by atoms with E-state index in [0.717, 1.165) is 25.7 Å². The van der Waals surface area contributed by atoms with Gasteiger partial charge in [-0.15, -0.1) is 0 Å². The second-order valence-corrected chi connectivity index (χ2v) is 4.88. The second-order valence-electron chi connectivity index (χ2n) is 4.88. The third-order valence-electron chi connectivity index (χ3n) is 3.17. The first-order valence-electron chi connectivity index (χ1n) is 6.16. The van der Waals surface area contributed by atoms with Crippen LogP contribution in [-0.4, -0.2) is 51.3 Å². The Morgan fingerprint density at radius 2 is 2.20 bits per heavy atom. The molecule has 1 aliphatic heterocycles. The normalized spacial score (nSPS) is 23.6. The van der Waals surface area contributed by atoms with Gasteiger partial charge in [-0.25, -0.2) is 0 Å². The summed E-state index contributed by atoms with van der Waals surface area (Å²) in [5, 5.41) is 3.60. The first kappa shape index (κ1) is 12.9. The van der Waals surface area contributed by atoms with Crippen LogP contribution in [0.4, 0.5) is 0 Å². The van der Waals surface area contributed by atoms with Gasteiger partial charge in [-0.3, -0.25) is 0 Å². The van der Waals surface area contributed by atoms with Crippen molar-refractivity contribution in [1.82, 2.24) is 10.2 Å². The highest BCUT2D eigenvalue weighted by Gasteiger charge is 2.21. The lowest BCUT2D eigenvalue weighted by atomic mass is 10.0. The molecular formula is C12H26N2O. The standard InChI is InChI=1S/C12H26N2O/c1-11(12-6-9-15-10-12)13-7-4-5-8-14(2)3/h11-13H,4-10H2,1-3H3. The molecule has 1 heterocycles. The van der Waals surface area contributed by atoms with Gasteiger partial charge in [0.2, 0.25) is 0 Å². The minimum atomic E-state index is 0.617. The summed E-state index contributed by atoms with van der Waals surface area (Å²) in [5.41, 5.74) is 0. The van der Waals surface area contributed by atoms with Crippen LogP contribution in [0.5, 0.6) is 0 Å². The molecule has 2 unspecified atom stereocenters. The number of ether oxygens (including phenoxy) is 1. The molecule has 3 nitrogen and oxygen atoms in total. The maximum Gasteiger partial charge on any atom is 0.0509 e. The van der Waals surface area contributed by atoms with Crippen LogP contribution in [0.2, 0.25) is 0 Å². The minimum Gasteiger partial charge on any atom is -0.381 e. The first-order chi connectivity index (χ1) is 7.20. The minimum absolute atomic E-state index is 0.617. The van der Waals surface area contributed by atoms with Gasteiger partial charge < -0.3 is 15.0 Å². The Labute approximate surface area is 94.2 Å². The smallest absolute Gasteiger partial charge is 0.0509 e. The zero-order valence-electron chi connectivity index (χ0n) is 10.5. The van der Waals surface area contributed by atoms with E-state index in [0.29, 0.717) is 6.04 Å². The molecule has 0 aromatic carbocycles. The van der Waals surface area contributed by atoms with E-state index in [4.69, 9.17) is 4.74 Å². The summed E-state index contributed by atoms with van der Waals surface area (Å²) in [7, 11) is 4.26. The Morgan fingerprint density at radius 3 is 2.80 bits per heavy atom. The zero-order valence-corrected chi connectivity index (χ0v) is 10.5. The highest BCUT2D eigenvalue weighted by Crippen LogP contribution is 2.16. The number of hydrogen-bond acceptors (Lipinski definition) is 3. The maximum absolute atomic E-state index is 5.39. The van der Waals surface area contributed by atoms with E-state index < -0.39 is 0 Å². The predicted molar refractivity (Wildman–Crippen MR) is 64.2 cm³/mol. The number of hydrogen-bond donors (Lipinski definition) is 1. The summed E-state index contributed by atoms with van der Waals surface area (Å²) in [6.07, 6.45) is 3.79. The predicted octanol–water partition coefficient (Wildman–Crippen LogP) is 1.34. The highest BCUT2D eigenvalue weighted by atomic mass is 16.5. The molecule has 0 amide bonds. The average molecular weight is 214 g/mol. The molecule has 0 radical (unpaired) electrons. The summed E-state index contributed by atoms with van der Waals surface area (Å²) in [5.74, 6) is 0.735. The fourth-order valence-corrected chi connectivity index (χ4v) is 2.00. The molecule has 0 spiro atoms. The molecule has 0 bridgehead atoms. The van der Waals surface area contributed by atoms with Crippen LogP contribution >= 0.6 is 0 Å². The topological polar surface area (TPSA) is 24.5 Å². The Kier molecular flexibility index (Phi) is 6.22. The Bertz CT molecular complexity index is 156. The monoisotopic (exact) mass is 214 g/mol. The van der Waals surface area contributed by atoms with E-state index in [1.165, 1.54) is 25.8 Å². The van der Waals surface area contributed by atoms with Crippen molar-refractivity contribution in [2.45, 2.75) is 32.2 Å². The van der Waals surface area contributed by atoms with Crippen molar-refractivity contribution >= 4 is 0 Å². The molecule has 15 heavy (non-hydrogen) atoms. The van der Waals surface area contributed by atoms with E-state index in [-0.39, 0.29) is 0 Å². The lowest BCUT2D eigenvalue weighted by molar-refractivity contribution is 0.178. The first-order valence-corrected chi connectivity index (χ1v) is 6.16. The van der Waals surface area contributed by atoms with Gasteiger partial charge in [0.1, 0.15) is 0 Å². The number of unbranched alkanes of at least 4 members (excludes halogenated alkanes) is 1. The van der Waals surface area contributed by atoms with Gasteiger partial charge in [0.05, 0.1) is 6.61 Å². The third-order valence-corrected chi connectivity index (χ3v) is 3.17. The van der Waals surface area contributed by atoms with Crippen molar-refractivity contribution < 1.29 is 4.74 Å². The van der Waals surface area contributed by atoms with Gasteiger partial charge in [0, 0.05) is 12.6 Å². The molecule has 0 aromatic heterocycles. The van der Waals surface area contributed by atoms with E-state index in [1.54, 1.807) is 0 Å². The zero-order chi connectivity index (χ0) is 11.1. The molecule has 1 fully saturated rings. The van der Waals surface area contributed by atoms with E-state index in [1.807, 2.05) is 0 Å². The average Bonchev–Trinajstić information content (AvgIpc) is 2.69. The summed E-state index contributed by atoms with van der Waals surface area (Å²) >= 11 is 0. The molecule has 0 aromatic rings. The Hall–Kier alpha value is -0.120. The van der Waals surface area contributed by atoms with Gasteiger partial charge in [-0.2, -0.15) is 0 Å². The van der Waals surface area contributed by atoms with Crippen LogP contribution in [-0.2, 0) is 4.74 Å². The highest BCUT2D eigenvalue weighted by molar-refractivity contribution is 4.75. The second kappa shape index (κ2) is 7.20. The number of nitrogens with zero attached hydrogens (tertiary/aromatic N) is 1. The van der Waals surface area contributed by atoms with Crippen LogP contribution in [0, 0.1) is 5.92 Å². The molecular weight excluding hydrogens is 188 g/mol. The molecule has 3 heteroatoms. The lowest BCUT2D eigenvalue weighted by Crippen LogP contribution is -2.34. The van der Waals surface area contributed by atoms with Gasteiger partial charge in [0.15, 0.2) is 0 Å². The summed E-state index contributed by atoms with van der Waals surface area (Å²) in [6, 6.07) is 0.617. The van der Waals surface area contributed by atoms with E-state index in [9.17, 15) is 0 Å². The van der Waals surface area contributed by atoms with Crippen molar-refractivity contribution in [3.05, 3.63) is 0 Å². The van der Waals surface area contributed by atoms with Crippen molar-refractivity contribution in [2.24, 2.45) is 5.92 Å². The molecule has 1 saturated heterocycles. The molecule has 0 saturated carbocycles. The lowest BCUT2D eigenvalue weighted by Gasteiger charge is -2.19. The van der Waals surface area contributed by atoms with Gasteiger partial charge >= 0.3 is 0 Å². The molecule has 1 N–H and O–H groups in total. The fraction of sp³-hybridized carbons (Fsp3) is 1.00. The quantitative estimate of drug-likeness (QED) is 0.647. The molecule has 1 rings (SSSR count). The number of nitrogens with one attached hydrogen (secondary N) is 1. The van der Waals surface area contributed by atoms with Crippen molar-refractivity contribution in [3.63, 3.8) is 0 Å². The molecule has 1 aliphatic rings. The fourth-order valence-electron chi connectivity index (χ4n) is 2.00.